The van der Waals surface area contributed by atoms with Crippen LogP contribution in [-0.2, 0) is 4.79 Å². The van der Waals surface area contributed by atoms with Gasteiger partial charge >= 0.3 is 0 Å². The van der Waals surface area contributed by atoms with Crippen LogP contribution in [0.15, 0.2) is 30.3 Å². The highest BCUT2D eigenvalue weighted by molar-refractivity contribution is 5.77. The lowest BCUT2D eigenvalue weighted by Gasteiger charge is -2.33. The fourth-order valence-electron chi connectivity index (χ4n) is 3.02. The van der Waals surface area contributed by atoms with Crippen molar-refractivity contribution in [1.29, 1.82) is 0 Å². The second kappa shape index (κ2) is 6.81. The second-order valence-corrected chi connectivity index (χ2v) is 5.89. The molecule has 0 N–H and O–H groups in total. The molecular formula is C17H22N4O2. The number of piperidine rings is 1. The van der Waals surface area contributed by atoms with Gasteiger partial charge in [-0.05, 0) is 38.8 Å². The summed E-state index contributed by atoms with van der Waals surface area (Å²) in [5, 5.41) is 4.46. The summed E-state index contributed by atoms with van der Waals surface area (Å²) in [5.41, 5.74) is 0. The zero-order chi connectivity index (χ0) is 16.2. The van der Waals surface area contributed by atoms with Crippen molar-refractivity contribution in [2.24, 2.45) is 0 Å². The molecule has 1 saturated heterocycles. The molecule has 2 aromatic rings. The summed E-state index contributed by atoms with van der Waals surface area (Å²) >= 11 is 0. The molecule has 1 aliphatic heterocycles. The number of benzene rings is 1. The lowest BCUT2D eigenvalue weighted by Crippen LogP contribution is -2.43. The van der Waals surface area contributed by atoms with Crippen LogP contribution in [0, 0.1) is 13.8 Å². The zero-order valence-electron chi connectivity index (χ0n) is 13.6. The molecule has 6 heteroatoms. The van der Waals surface area contributed by atoms with Crippen LogP contribution in [0.5, 0.6) is 5.75 Å². The van der Waals surface area contributed by atoms with Crippen molar-refractivity contribution in [3.8, 4) is 5.75 Å². The molecule has 0 saturated carbocycles. The average molecular weight is 314 g/mol. The molecule has 0 radical (unpaired) electrons. The van der Waals surface area contributed by atoms with Crippen LogP contribution in [0.25, 0.3) is 0 Å². The summed E-state index contributed by atoms with van der Waals surface area (Å²) in [6, 6.07) is 9.62. The Morgan fingerprint density at radius 3 is 2.78 bits per heavy atom. The molecule has 0 spiro atoms. The Morgan fingerprint density at radius 2 is 2.09 bits per heavy atom. The van der Waals surface area contributed by atoms with E-state index < -0.39 is 0 Å². The normalized spacial score (nSPS) is 18.0. The van der Waals surface area contributed by atoms with Crippen LogP contribution in [0.3, 0.4) is 0 Å². The smallest absolute Gasteiger partial charge is 0.260 e. The number of aryl methyl sites for hydroxylation is 2. The number of rotatable bonds is 4. The molecule has 23 heavy (non-hydrogen) atoms. The Bertz CT molecular complexity index is 668. The molecule has 1 aliphatic rings. The highest BCUT2D eigenvalue weighted by Crippen LogP contribution is 2.22. The lowest BCUT2D eigenvalue weighted by atomic mass is 10.1. The maximum Gasteiger partial charge on any atom is 0.260 e. The first-order valence-corrected chi connectivity index (χ1v) is 7.99. The van der Waals surface area contributed by atoms with Gasteiger partial charge in [-0.1, -0.05) is 18.2 Å². The van der Waals surface area contributed by atoms with Crippen LogP contribution >= 0.6 is 0 Å². The summed E-state index contributed by atoms with van der Waals surface area (Å²) in [6.07, 6.45) is 1.99. The van der Waals surface area contributed by atoms with Crippen molar-refractivity contribution >= 4 is 5.91 Å². The van der Waals surface area contributed by atoms with Crippen LogP contribution in [0.4, 0.5) is 0 Å². The molecule has 0 unspecified atom stereocenters. The maximum atomic E-state index is 12.4. The number of likely N-dealkylation sites (tertiary alicyclic amines) is 1. The van der Waals surface area contributed by atoms with Gasteiger partial charge in [0.1, 0.15) is 17.4 Å². The van der Waals surface area contributed by atoms with E-state index in [1.165, 1.54) is 0 Å². The molecule has 122 valence electrons. The first-order valence-electron chi connectivity index (χ1n) is 7.99. The van der Waals surface area contributed by atoms with E-state index in [1.807, 2.05) is 53.8 Å². The highest BCUT2D eigenvalue weighted by atomic mass is 16.5. The van der Waals surface area contributed by atoms with E-state index >= 15 is 0 Å². The molecule has 0 aliphatic carbocycles. The second-order valence-electron chi connectivity index (χ2n) is 5.89. The summed E-state index contributed by atoms with van der Waals surface area (Å²) in [4.78, 5) is 18.6. The Labute approximate surface area is 136 Å². The summed E-state index contributed by atoms with van der Waals surface area (Å²) in [5.74, 6) is 2.42. The third-order valence-corrected chi connectivity index (χ3v) is 4.11. The van der Waals surface area contributed by atoms with E-state index in [4.69, 9.17) is 4.74 Å². The highest BCUT2D eigenvalue weighted by Gasteiger charge is 2.26. The van der Waals surface area contributed by atoms with Gasteiger partial charge in [0.05, 0.1) is 6.04 Å². The van der Waals surface area contributed by atoms with Crippen LogP contribution in [-0.4, -0.2) is 45.3 Å². The summed E-state index contributed by atoms with van der Waals surface area (Å²) < 4.78 is 7.52. The average Bonchev–Trinajstić information content (AvgIpc) is 2.92. The largest absolute Gasteiger partial charge is 0.484 e. The minimum Gasteiger partial charge on any atom is -0.484 e. The minimum absolute atomic E-state index is 0.0213. The maximum absolute atomic E-state index is 12.4. The SMILES string of the molecule is Cc1nc(C)n([C@@H]2CCCN(C(=O)COc3ccccc3)C2)n1. The molecule has 6 nitrogen and oxygen atoms in total. The van der Waals surface area contributed by atoms with Gasteiger partial charge < -0.3 is 9.64 Å². The van der Waals surface area contributed by atoms with Gasteiger partial charge in [-0.25, -0.2) is 9.67 Å². The number of para-hydroxylation sites is 1. The van der Waals surface area contributed by atoms with Crippen molar-refractivity contribution in [3.63, 3.8) is 0 Å². The van der Waals surface area contributed by atoms with Crippen LogP contribution < -0.4 is 4.74 Å². The first kappa shape index (κ1) is 15.5. The van der Waals surface area contributed by atoms with E-state index in [2.05, 4.69) is 10.1 Å². The minimum atomic E-state index is 0.0213. The number of ether oxygens (including phenoxy) is 1. The quantitative estimate of drug-likeness (QED) is 0.867. The molecule has 1 amide bonds. The number of nitrogens with zero attached hydrogens (tertiary/aromatic N) is 4. The third kappa shape index (κ3) is 3.70. The molecule has 1 aromatic carbocycles. The monoisotopic (exact) mass is 314 g/mol. The number of hydrogen-bond acceptors (Lipinski definition) is 4. The van der Waals surface area contributed by atoms with E-state index in [0.717, 1.165) is 36.8 Å². The van der Waals surface area contributed by atoms with Gasteiger partial charge in [-0.2, -0.15) is 5.10 Å². The third-order valence-electron chi connectivity index (χ3n) is 4.11. The Balaban J connectivity index is 1.59. The van der Waals surface area contributed by atoms with Gasteiger partial charge in [-0.15, -0.1) is 0 Å². The van der Waals surface area contributed by atoms with Crippen molar-refractivity contribution in [2.45, 2.75) is 32.7 Å². The van der Waals surface area contributed by atoms with E-state index in [-0.39, 0.29) is 18.6 Å². The van der Waals surface area contributed by atoms with Crippen molar-refractivity contribution in [3.05, 3.63) is 42.0 Å². The van der Waals surface area contributed by atoms with Gasteiger partial charge in [0.15, 0.2) is 6.61 Å². The van der Waals surface area contributed by atoms with E-state index in [9.17, 15) is 4.79 Å². The van der Waals surface area contributed by atoms with Crippen molar-refractivity contribution < 1.29 is 9.53 Å². The van der Waals surface area contributed by atoms with Crippen molar-refractivity contribution in [1.82, 2.24) is 19.7 Å². The van der Waals surface area contributed by atoms with E-state index in [1.54, 1.807) is 0 Å². The van der Waals surface area contributed by atoms with Crippen LogP contribution in [0.1, 0.15) is 30.5 Å². The number of carbonyl (C=O) groups is 1. The summed E-state index contributed by atoms with van der Waals surface area (Å²) in [7, 11) is 0. The topological polar surface area (TPSA) is 60.2 Å². The van der Waals surface area contributed by atoms with Gasteiger partial charge in [0.2, 0.25) is 0 Å². The Morgan fingerprint density at radius 1 is 1.30 bits per heavy atom. The Kier molecular flexibility index (Phi) is 4.60. The molecule has 2 heterocycles. The fraction of sp³-hybridized carbons (Fsp3) is 0.471. The molecule has 1 fully saturated rings. The Hall–Kier alpha value is -2.37. The van der Waals surface area contributed by atoms with Crippen molar-refractivity contribution in [2.75, 3.05) is 19.7 Å². The lowest BCUT2D eigenvalue weighted by molar-refractivity contribution is -0.135. The van der Waals surface area contributed by atoms with E-state index in [0.29, 0.717) is 6.54 Å². The standard InChI is InChI=1S/C17H22N4O2/c1-13-18-14(2)21(19-13)15-7-6-10-20(11-15)17(22)12-23-16-8-4-3-5-9-16/h3-5,8-9,15H,6-7,10-12H2,1-2H3/t15-/m1/s1. The molecular weight excluding hydrogens is 292 g/mol. The predicted octanol–water partition coefficient (Wildman–Crippen LogP) is 2.14. The summed E-state index contributed by atoms with van der Waals surface area (Å²) in [6.45, 7) is 5.37. The zero-order valence-corrected chi connectivity index (χ0v) is 13.6. The number of hydrogen-bond donors (Lipinski definition) is 0. The van der Waals surface area contributed by atoms with Gasteiger partial charge in [0, 0.05) is 13.1 Å². The number of aromatic nitrogens is 3. The van der Waals surface area contributed by atoms with Gasteiger partial charge in [-0.3, -0.25) is 4.79 Å². The number of amides is 1. The molecule has 1 atom stereocenters. The molecule has 1 aromatic heterocycles. The number of carbonyl (C=O) groups excluding carboxylic acids is 1. The fourth-order valence-corrected chi connectivity index (χ4v) is 3.02. The van der Waals surface area contributed by atoms with Crippen LogP contribution in [0.2, 0.25) is 0 Å². The molecule has 3 rings (SSSR count). The predicted molar refractivity (Wildman–Crippen MR) is 86.3 cm³/mol. The van der Waals surface area contributed by atoms with Gasteiger partial charge in [0.25, 0.3) is 5.91 Å². The first-order chi connectivity index (χ1) is 11.1. The molecule has 0 bridgehead atoms.